The zero-order valence-corrected chi connectivity index (χ0v) is 10.2. The highest BCUT2D eigenvalue weighted by Gasteiger charge is 2.39. The van der Waals surface area contributed by atoms with Crippen LogP contribution in [0.3, 0.4) is 0 Å². The van der Waals surface area contributed by atoms with Crippen LogP contribution >= 0.6 is 0 Å². The summed E-state index contributed by atoms with van der Waals surface area (Å²) in [7, 11) is 0. The second-order valence-corrected chi connectivity index (χ2v) is 4.97. The highest BCUT2D eigenvalue weighted by molar-refractivity contribution is 5.85. The van der Waals surface area contributed by atoms with E-state index in [1.807, 2.05) is 6.92 Å². The van der Waals surface area contributed by atoms with Crippen molar-refractivity contribution in [2.75, 3.05) is 0 Å². The summed E-state index contributed by atoms with van der Waals surface area (Å²) in [5.41, 5.74) is 5.05. The molecule has 0 heterocycles. The smallest absolute Gasteiger partial charge is 0.237 e. The molecule has 0 spiro atoms. The van der Waals surface area contributed by atoms with Gasteiger partial charge in [-0.1, -0.05) is 33.6 Å². The molecule has 1 amide bonds. The van der Waals surface area contributed by atoms with Crippen LogP contribution in [0.2, 0.25) is 0 Å². The van der Waals surface area contributed by atoms with E-state index >= 15 is 0 Å². The van der Waals surface area contributed by atoms with E-state index in [2.05, 4.69) is 19.2 Å². The molecule has 0 bridgehead atoms. The van der Waals surface area contributed by atoms with Crippen molar-refractivity contribution < 1.29 is 4.79 Å². The number of nitrogens with one attached hydrogen (secondary N) is 1. The predicted octanol–water partition coefficient (Wildman–Crippen LogP) is 1.81. The SMILES string of the molecule is CCC(NC1CCCC1)(C(N)=O)C(C)C. The first-order chi connectivity index (χ1) is 7.03. The van der Waals surface area contributed by atoms with Gasteiger partial charge >= 0.3 is 0 Å². The monoisotopic (exact) mass is 212 g/mol. The number of nitrogens with two attached hydrogens (primary N) is 1. The Bertz CT molecular complexity index is 222. The van der Waals surface area contributed by atoms with Gasteiger partial charge in [-0.2, -0.15) is 0 Å². The lowest BCUT2D eigenvalue weighted by Gasteiger charge is -2.37. The van der Waals surface area contributed by atoms with Crippen molar-refractivity contribution in [1.29, 1.82) is 0 Å². The van der Waals surface area contributed by atoms with E-state index in [9.17, 15) is 4.79 Å². The molecule has 0 radical (unpaired) electrons. The van der Waals surface area contributed by atoms with Gasteiger partial charge in [-0.05, 0) is 25.2 Å². The number of rotatable bonds is 5. The normalized spacial score (nSPS) is 21.9. The molecule has 88 valence electrons. The van der Waals surface area contributed by atoms with E-state index in [0.717, 1.165) is 6.42 Å². The Kier molecular flexibility index (Phi) is 4.14. The molecule has 15 heavy (non-hydrogen) atoms. The van der Waals surface area contributed by atoms with Crippen molar-refractivity contribution >= 4 is 5.91 Å². The summed E-state index contributed by atoms with van der Waals surface area (Å²) >= 11 is 0. The van der Waals surface area contributed by atoms with Gasteiger partial charge in [0, 0.05) is 6.04 Å². The minimum atomic E-state index is -0.505. The largest absolute Gasteiger partial charge is 0.368 e. The lowest BCUT2D eigenvalue weighted by atomic mass is 9.82. The van der Waals surface area contributed by atoms with E-state index in [4.69, 9.17) is 5.73 Å². The van der Waals surface area contributed by atoms with Crippen molar-refractivity contribution in [1.82, 2.24) is 5.32 Å². The highest BCUT2D eigenvalue weighted by Crippen LogP contribution is 2.26. The lowest BCUT2D eigenvalue weighted by Crippen LogP contribution is -2.61. The number of hydrogen-bond donors (Lipinski definition) is 2. The van der Waals surface area contributed by atoms with Crippen LogP contribution in [0.25, 0.3) is 0 Å². The topological polar surface area (TPSA) is 55.1 Å². The number of primary amides is 1. The summed E-state index contributed by atoms with van der Waals surface area (Å²) in [5.74, 6) is 0.0486. The predicted molar refractivity (Wildman–Crippen MR) is 62.4 cm³/mol. The minimum Gasteiger partial charge on any atom is -0.368 e. The van der Waals surface area contributed by atoms with E-state index in [1.54, 1.807) is 0 Å². The van der Waals surface area contributed by atoms with Gasteiger partial charge in [-0.3, -0.25) is 4.79 Å². The molecule has 1 fully saturated rings. The van der Waals surface area contributed by atoms with Crippen LogP contribution in [-0.4, -0.2) is 17.5 Å². The maximum Gasteiger partial charge on any atom is 0.237 e. The molecule has 0 aromatic rings. The fraction of sp³-hybridized carbons (Fsp3) is 0.917. The zero-order valence-electron chi connectivity index (χ0n) is 10.2. The van der Waals surface area contributed by atoms with Crippen LogP contribution in [0.1, 0.15) is 52.9 Å². The number of amides is 1. The Morgan fingerprint density at radius 1 is 1.47 bits per heavy atom. The third-order valence-electron chi connectivity index (χ3n) is 3.80. The first-order valence-corrected chi connectivity index (χ1v) is 6.10. The van der Waals surface area contributed by atoms with Crippen molar-refractivity contribution in [3.8, 4) is 0 Å². The average molecular weight is 212 g/mol. The van der Waals surface area contributed by atoms with E-state index in [1.165, 1.54) is 25.7 Å². The molecule has 1 atom stereocenters. The number of carbonyl (C=O) groups is 1. The minimum absolute atomic E-state index is 0.202. The summed E-state index contributed by atoms with van der Waals surface area (Å²) in [5, 5.41) is 3.50. The summed E-state index contributed by atoms with van der Waals surface area (Å²) in [6.07, 6.45) is 5.68. The Hall–Kier alpha value is -0.570. The number of carbonyl (C=O) groups excluding carboxylic acids is 1. The van der Waals surface area contributed by atoms with Gasteiger partial charge in [-0.25, -0.2) is 0 Å². The highest BCUT2D eigenvalue weighted by atomic mass is 16.1. The summed E-state index contributed by atoms with van der Waals surface area (Å²) in [6.45, 7) is 6.17. The van der Waals surface area contributed by atoms with Gasteiger partial charge in [0.05, 0.1) is 5.54 Å². The molecule has 1 aliphatic rings. The Balaban J connectivity index is 2.74. The second kappa shape index (κ2) is 4.97. The average Bonchev–Trinajstić information content (AvgIpc) is 2.65. The maximum absolute atomic E-state index is 11.6. The van der Waals surface area contributed by atoms with Crippen LogP contribution in [0.5, 0.6) is 0 Å². The molecule has 3 heteroatoms. The Morgan fingerprint density at radius 2 is 2.00 bits per heavy atom. The summed E-state index contributed by atoms with van der Waals surface area (Å²) in [4.78, 5) is 11.6. The molecule has 3 nitrogen and oxygen atoms in total. The van der Waals surface area contributed by atoms with Crippen molar-refractivity contribution in [2.24, 2.45) is 11.7 Å². The molecule has 0 aliphatic heterocycles. The molecular weight excluding hydrogens is 188 g/mol. The molecule has 3 N–H and O–H groups in total. The molecular formula is C12H24N2O. The summed E-state index contributed by atoms with van der Waals surface area (Å²) in [6, 6.07) is 0.486. The van der Waals surface area contributed by atoms with E-state index in [-0.39, 0.29) is 11.8 Å². The molecule has 1 aliphatic carbocycles. The first kappa shape index (κ1) is 12.5. The van der Waals surface area contributed by atoms with Gasteiger partial charge in [0.2, 0.25) is 5.91 Å². The van der Waals surface area contributed by atoms with Crippen molar-refractivity contribution in [3.05, 3.63) is 0 Å². The fourth-order valence-corrected chi connectivity index (χ4v) is 2.64. The van der Waals surface area contributed by atoms with Gasteiger partial charge in [0.1, 0.15) is 0 Å². The standard InChI is InChI=1S/C12H24N2O/c1-4-12(9(2)3,11(13)15)14-10-7-5-6-8-10/h9-10,14H,4-8H2,1-3H3,(H2,13,15). The van der Waals surface area contributed by atoms with Crippen molar-refractivity contribution in [3.63, 3.8) is 0 Å². The molecule has 1 unspecified atom stereocenters. The fourth-order valence-electron chi connectivity index (χ4n) is 2.64. The van der Waals surface area contributed by atoms with Crippen molar-refractivity contribution in [2.45, 2.75) is 64.5 Å². The number of hydrogen-bond acceptors (Lipinski definition) is 2. The molecule has 0 aromatic carbocycles. The van der Waals surface area contributed by atoms with Gasteiger partial charge in [0.15, 0.2) is 0 Å². The third kappa shape index (κ3) is 2.51. The quantitative estimate of drug-likeness (QED) is 0.730. The third-order valence-corrected chi connectivity index (χ3v) is 3.80. The second-order valence-electron chi connectivity index (χ2n) is 4.97. The Morgan fingerprint density at radius 3 is 2.33 bits per heavy atom. The molecule has 0 saturated heterocycles. The Labute approximate surface area is 92.8 Å². The van der Waals surface area contributed by atoms with Crippen LogP contribution < -0.4 is 11.1 Å². The molecule has 1 rings (SSSR count). The van der Waals surface area contributed by atoms with E-state index < -0.39 is 5.54 Å². The van der Waals surface area contributed by atoms with E-state index in [0.29, 0.717) is 6.04 Å². The lowest BCUT2D eigenvalue weighted by molar-refractivity contribution is -0.126. The van der Waals surface area contributed by atoms with Crippen LogP contribution in [0.15, 0.2) is 0 Å². The first-order valence-electron chi connectivity index (χ1n) is 6.10. The maximum atomic E-state index is 11.6. The zero-order chi connectivity index (χ0) is 11.5. The van der Waals surface area contributed by atoms with Gasteiger partial charge in [-0.15, -0.1) is 0 Å². The van der Waals surface area contributed by atoms with Gasteiger partial charge in [0.25, 0.3) is 0 Å². The van der Waals surface area contributed by atoms with Crippen LogP contribution in [-0.2, 0) is 4.79 Å². The molecule has 1 saturated carbocycles. The summed E-state index contributed by atoms with van der Waals surface area (Å²) < 4.78 is 0. The van der Waals surface area contributed by atoms with Gasteiger partial charge < -0.3 is 11.1 Å². The van der Waals surface area contributed by atoms with Crippen LogP contribution in [0, 0.1) is 5.92 Å². The van der Waals surface area contributed by atoms with Crippen LogP contribution in [0.4, 0.5) is 0 Å². The molecule has 0 aromatic heterocycles.